The first-order valence-electron chi connectivity index (χ1n) is 9.16. The van der Waals surface area contributed by atoms with Gasteiger partial charge in [-0.2, -0.15) is 0 Å². The summed E-state index contributed by atoms with van der Waals surface area (Å²) in [4.78, 5) is 26.9. The molecule has 1 aliphatic carbocycles. The Morgan fingerprint density at radius 2 is 1.83 bits per heavy atom. The van der Waals surface area contributed by atoms with Gasteiger partial charge in [0.2, 0.25) is 11.8 Å². The van der Waals surface area contributed by atoms with Crippen LogP contribution in [0, 0.1) is 6.92 Å². The molecule has 1 saturated carbocycles. The van der Waals surface area contributed by atoms with Gasteiger partial charge in [-0.15, -0.1) is 0 Å². The van der Waals surface area contributed by atoms with E-state index in [4.69, 9.17) is 0 Å². The fourth-order valence-corrected chi connectivity index (χ4v) is 3.22. The minimum absolute atomic E-state index is 0.0292. The first-order chi connectivity index (χ1) is 11.5. The third-order valence-corrected chi connectivity index (χ3v) is 4.81. The molecule has 2 amide bonds. The van der Waals surface area contributed by atoms with E-state index < -0.39 is 6.04 Å². The van der Waals surface area contributed by atoms with Crippen LogP contribution in [0.15, 0.2) is 24.3 Å². The van der Waals surface area contributed by atoms with E-state index in [1.165, 1.54) is 18.4 Å². The number of benzene rings is 1. The van der Waals surface area contributed by atoms with Crippen LogP contribution in [0.4, 0.5) is 0 Å². The average molecular weight is 330 g/mol. The third kappa shape index (κ3) is 5.08. The molecule has 1 aromatic carbocycles. The summed E-state index contributed by atoms with van der Waals surface area (Å²) in [5.74, 6) is 0.0191. The Labute approximate surface area is 145 Å². The van der Waals surface area contributed by atoms with Crippen LogP contribution in [0.1, 0.15) is 63.5 Å². The zero-order valence-electron chi connectivity index (χ0n) is 15.2. The predicted octanol–water partition coefficient (Wildman–Crippen LogP) is 3.57. The van der Waals surface area contributed by atoms with E-state index in [0.29, 0.717) is 13.0 Å². The van der Waals surface area contributed by atoms with Gasteiger partial charge in [0.05, 0.1) is 0 Å². The highest BCUT2D eigenvalue weighted by molar-refractivity contribution is 5.87. The molecule has 1 aliphatic rings. The van der Waals surface area contributed by atoms with Crippen LogP contribution in [0.2, 0.25) is 0 Å². The van der Waals surface area contributed by atoms with Crippen LogP contribution in [-0.2, 0) is 16.1 Å². The number of amides is 2. The summed E-state index contributed by atoms with van der Waals surface area (Å²) in [5.41, 5.74) is 2.25. The van der Waals surface area contributed by atoms with Crippen molar-refractivity contribution in [3.8, 4) is 0 Å². The third-order valence-electron chi connectivity index (χ3n) is 4.81. The molecular formula is C20H30N2O2. The molecule has 0 aliphatic heterocycles. The molecule has 4 nitrogen and oxygen atoms in total. The number of hydrogen-bond acceptors (Lipinski definition) is 2. The van der Waals surface area contributed by atoms with Gasteiger partial charge in [-0.1, -0.05) is 49.6 Å². The number of nitrogens with zero attached hydrogens (tertiary/aromatic N) is 1. The van der Waals surface area contributed by atoms with Gasteiger partial charge in [-0.25, -0.2) is 0 Å². The van der Waals surface area contributed by atoms with Gasteiger partial charge in [-0.3, -0.25) is 9.59 Å². The molecule has 0 spiro atoms. The highest BCUT2D eigenvalue weighted by Gasteiger charge is 2.27. The molecule has 1 fully saturated rings. The summed E-state index contributed by atoms with van der Waals surface area (Å²) in [5, 5.41) is 3.12. The largest absolute Gasteiger partial charge is 0.352 e. The van der Waals surface area contributed by atoms with Crippen LogP contribution in [0.5, 0.6) is 0 Å². The van der Waals surface area contributed by atoms with Crippen LogP contribution >= 0.6 is 0 Å². The fourth-order valence-electron chi connectivity index (χ4n) is 3.22. The second-order valence-electron chi connectivity index (χ2n) is 6.92. The first-order valence-corrected chi connectivity index (χ1v) is 9.16. The lowest BCUT2D eigenvalue weighted by molar-refractivity contribution is -0.140. The van der Waals surface area contributed by atoms with Crippen molar-refractivity contribution in [2.24, 2.45) is 0 Å². The quantitative estimate of drug-likeness (QED) is 0.831. The highest BCUT2D eigenvalue weighted by Crippen LogP contribution is 2.19. The van der Waals surface area contributed by atoms with Crippen LogP contribution < -0.4 is 5.32 Å². The monoisotopic (exact) mass is 330 g/mol. The highest BCUT2D eigenvalue weighted by atomic mass is 16.2. The summed E-state index contributed by atoms with van der Waals surface area (Å²) in [6.45, 7) is 6.36. The van der Waals surface area contributed by atoms with Gasteiger partial charge in [0.25, 0.3) is 0 Å². The fraction of sp³-hybridized carbons (Fsp3) is 0.600. The maximum absolute atomic E-state index is 12.6. The smallest absolute Gasteiger partial charge is 0.242 e. The van der Waals surface area contributed by atoms with Gasteiger partial charge < -0.3 is 10.2 Å². The summed E-state index contributed by atoms with van der Waals surface area (Å²) >= 11 is 0. The topological polar surface area (TPSA) is 49.4 Å². The van der Waals surface area contributed by atoms with E-state index in [-0.39, 0.29) is 17.9 Å². The first kappa shape index (κ1) is 18.5. The van der Waals surface area contributed by atoms with E-state index >= 15 is 0 Å². The molecule has 2 rings (SSSR count). The van der Waals surface area contributed by atoms with Crippen LogP contribution in [-0.4, -0.2) is 28.8 Å². The Kier molecular flexibility index (Phi) is 6.83. The Morgan fingerprint density at radius 3 is 2.42 bits per heavy atom. The van der Waals surface area contributed by atoms with Crippen molar-refractivity contribution in [3.05, 3.63) is 35.4 Å². The molecule has 132 valence electrons. The Bertz CT molecular complexity index is 547. The van der Waals surface area contributed by atoms with Gasteiger partial charge in [-0.05, 0) is 38.7 Å². The second-order valence-corrected chi connectivity index (χ2v) is 6.92. The van der Waals surface area contributed by atoms with Crippen molar-refractivity contribution in [3.63, 3.8) is 0 Å². The van der Waals surface area contributed by atoms with Crippen molar-refractivity contribution in [1.29, 1.82) is 0 Å². The van der Waals surface area contributed by atoms with Gasteiger partial charge >= 0.3 is 0 Å². The average Bonchev–Trinajstić information content (AvgIpc) is 3.06. The maximum atomic E-state index is 12.6. The maximum Gasteiger partial charge on any atom is 0.242 e. The summed E-state index contributed by atoms with van der Waals surface area (Å²) in [6, 6.07) is 7.99. The minimum Gasteiger partial charge on any atom is -0.352 e. The van der Waals surface area contributed by atoms with Gasteiger partial charge in [0.15, 0.2) is 0 Å². The molecule has 4 heteroatoms. The van der Waals surface area contributed by atoms with Crippen LogP contribution in [0.25, 0.3) is 0 Å². The summed E-state index contributed by atoms with van der Waals surface area (Å²) in [7, 11) is 0. The lowest BCUT2D eigenvalue weighted by Gasteiger charge is -2.29. The summed E-state index contributed by atoms with van der Waals surface area (Å²) < 4.78 is 0. The molecule has 1 atom stereocenters. The van der Waals surface area contributed by atoms with Crippen molar-refractivity contribution in [2.75, 3.05) is 0 Å². The molecule has 0 heterocycles. The lowest BCUT2D eigenvalue weighted by Crippen LogP contribution is -2.49. The SMILES string of the molecule is CCCC(=O)N(Cc1ccc(C)cc1)[C@H](C)C(=O)NC1CCCC1. The number of nitrogens with one attached hydrogen (secondary N) is 1. The molecule has 0 aromatic heterocycles. The van der Waals surface area contributed by atoms with Crippen molar-refractivity contribution in [2.45, 2.75) is 77.9 Å². The van der Waals surface area contributed by atoms with E-state index in [9.17, 15) is 9.59 Å². The Hall–Kier alpha value is -1.84. The zero-order chi connectivity index (χ0) is 17.5. The lowest BCUT2D eigenvalue weighted by atomic mass is 10.1. The predicted molar refractivity (Wildman–Crippen MR) is 96.5 cm³/mol. The summed E-state index contributed by atoms with van der Waals surface area (Å²) in [6.07, 6.45) is 5.74. The standard InChI is InChI=1S/C20H30N2O2/c1-4-7-19(23)22(14-17-12-10-15(2)11-13-17)16(3)20(24)21-18-8-5-6-9-18/h10-13,16,18H,4-9,14H2,1-3H3,(H,21,24)/t16-/m1/s1. The molecule has 0 radical (unpaired) electrons. The molecular weight excluding hydrogens is 300 g/mol. The molecule has 24 heavy (non-hydrogen) atoms. The molecule has 0 unspecified atom stereocenters. The van der Waals surface area contributed by atoms with Crippen molar-refractivity contribution in [1.82, 2.24) is 10.2 Å². The minimum atomic E-state index is -0.439. The molecule has 1 N–H and O–H groups in total. The van der Waals surface area contributed by atoms with E-state index in [2.05, 4.69) is 5.32 Å². The Balaban J connectivity index is 2.06. The molecule has 0 saturated heterocycles. The van der Waals surface area contributed by atoms with E-state index in [0.717, 1.165) is 24.8 Å². The zero-order valence-corrected chi connectivity index (χ0v) is 15.2. The molecule has 0 bridgehead atoms. The number of carbonyl (C=O) groups is 2. The Morgan fingerprint density at radius 1 is 1.21 bits per heavy atom. The van der Waals surface area contributed by atoms with Crippen molar-refractivity contribution >= 4 is 11.8 Å². The second kappa shape index (κ2) is 8.86. The molecule has 1 aromatic rings. The van der Waals surface area contributed by atoms with Crippen molar-refractivity contribution < 1.29 is 9.59 Å². The van der Waals surface area contributed by atoms with Gasteiger partial charge in [0, 0.05) is 19.0 Å². The number of aryl methyl sites for hydroxylation is 1. The van der Waals surface area contributed by atoms with Gasteiger partial charge in [0.1, 0.15) is 6.04 Å². The number of rotatable bonds is 7. The van der Waals surface area contributed by atoms with E-state index in [1.54, 1.807) is 4.90 Å². The van der Waals surface area contributed by atoms with E-state index in [1.807, 2.05) is 45.0 Å². The normalized spacial score (nSPS) is 16.0. The van der Waals surface area contributed by atoms with Crippen LogP contribution in [0.3, 0.4) is 0 Å². The number of carbonyl (C=O) groups excluding carboxylic acids is 2. The number of hydrogen-bond donors (Lipinski definition) is 1.